The molecule has 0 fully saturated rings. The molecule has 1 amide bonds. The molecule has 0 bridgehead atoms. The third kappa shape index (κ3) is 1.92. The number of nitrogens with one attached hydrogen (secondary N) is 1. The number of anilines is 1. The molecular weight excluding hydrogens is 270 g/mol. The molecule has 2 heteroatoms. The molecule has 0 aromatic heterocycles. The van der Waals surface area contributed by atoms with Crippen molar-refractivity contribution < 1.29 is 4.79 Å². The maximum absolute atomic E-state index is 11.5. The first-order chi connectivity index (χ1) is 10.7. The highest BCUT2D eigenvalue weighted by Crippen LogP contribution is 2.36. The fraction of sp³-hybridized carbons (Fsp3) is 0.0500. The summed E-state index contributed by atoms with van der Waals surface area (Å²) in [6.45, 7) is 1.54. The lowest BCUT2D eigenvalue weighted by atomic mass is 9.95. The van der Waals surface area contributed by atoms with E-state index in [1.165, 1.54) is 21.5 Å². The van der Waals surface area contributed by atoms with E-state index in [0.717, 1.165) is 16.5 Å². The molecule has 0 aliphatic rings. The van der Waals surface area contributed by atoms with Crippen LogP contribution in [0, 0.1) is 0 Å². The summed E-state index contributed by atoms with van der Waals surface area (Å²) >= 11 is 0. The van der Waals surface area contributed by atoms with Crippen LogP contribution in [0.1, 0.15) is 6.92 Å². The Hall–Kier alpha value is -2.87. The van der Waals surface area contributed by atoms with E-state index >= 15 is 0 Å². The summed E-state index contributed by atoms with van der Waals surface area (Å²) in [5.74, 6) is -0.0512. The van der Waals surface area contributed by atoms with E-state index in [9.17, 15) is 4.79 Å². The van der Waals surface area contributed by atoms with E-state index in [4.69, 9.17) is 0 Å². The topological polar surface area (TPSA) is 29.1 Å². The SMILES string of the molecule is CC(=O)Nc1cccc2ccc3ccc4ccccc4c3c12. The van der Waals surface area contributed by atoms with Gasteiger partial charge in [0.2, 0.25) is 5.91 Å². The lowest BCUT2D eigenvalue weighted by molar-refractivity contribution is -0.114. The summed E-state index contributed by atoms with van der Waals surface area (Å²) in [5.41, 5.74) is 0.868. The molecule has 4 rings (SSSR count). The summed E-state index contributed by atoms with van der Waals surface area (Å²) in [6.07, 6.45) is 0. The standard InChI is InChI=1S/C20H15NO/c1-13(22)21-18-8-4-6-15-11-12-16-10-9-14-5-2-3-7-17(14)19(16)20(15)18/h2-12H,1H3,(H,21,22). The van der Waals surface area contributed by atoms with Gasteiger partial charge in [-0.3, -0.25) is 4.79 Å². The minimum atomic E-state index is -0.0512. The highest BCUT2D eigenvalue weighted by Gasteiger charge is 2.09. The normalized spacial score (nSPS) is 11.1. The van der Waals surface area contributed by atoms with Gasteiger partial charge >= 0.3 is 0 Å². The second-order valence-corrected chi connectivity index (χ2v) is 5.54. The van der Waals surface area contributed by atoms with Crippen LogP contribution in [0.3, 0.4) is 0 Å². The number of hydrogen-bond donors (Lipinski definition) is 1. The van der Waals surface area contributed by atoms with Gasteiger partial charge in [0.05, 0.1) is 0 Å². The quantitative estimate of drug-likeness (QED) is 0.484. The van der Waals surface area contributed by atoms with Crippen molar-refractivity contribution in [3.05, 3.63) is 66.7 Å². The zero-order chi connectivity index (χ0) is 15.1. The Morgan fingerprint density at radius 2 is 1.36 bits per heavy atom. The van der Waals surface area contributed by atoms with Gasteiger partial charge < -0.3 is 5.32 Å². The molecule has 4 aromatic carbocycles. The molecule has 0 saturated carbocycles. The summed E-state index contributed by atoms with van der Waals surface area (Å²) < 4.78 is 0. The van der Waals surface area contributed by atoms with E-state index in [2.05, 4.69) is 53.8 Å². The van der Waals surface area contributed by atoms with Crippen LogP contribution < -0.4 is 5.32 Å². The molecule has 22 heavy (non-hydrogen) atoms. The predicted octanol–water partition coefficient (Wildman–Crippen LogP) is 5.10. The van der Waals surface area contributed by atoms with Gasteiger partial charge in [0.15, 0.2) is 0 Å². The van der Waals surface area contributed by atoms with Gasteiger partial charge in [0, 0.05) is 18.0 Å². The summed E-state index contributed by atoms with van der Waals surface area (Å²) in [6, 6.07) is 22.9. The van der Waals surface area contributed by atoms with Crippen LogP contribution in [-0.4, -0.2) is 5.91 Å². The van der Waals surface area contributed by atoms with Gasteiger partial charge in [-0.05, 0) is 33.0 Å². The lowest BCUT2D eigenvalue weighted by Gasteiger charge is -2.12. The molecule has 0 unspecified atom stereocenters. The van der Waals surface area contributed by atoms with Crippen molar-refractivity contribution in [2.45, 2.75) is 6.92 Å². The summed E-state index contributed by atoms with van der Waals surface area (Å²) in [7, 11) is 0. The van der Waals surface area contributed by atoms with Gasteiger partial charge in [0.25, 0.3) is 0 Å². The van der Waals surface area contributed by atoms with E-state index in [0.29, 0.717) is 0 Å². The van der Waals surface area contributed by atoms with Crippen LogP contribution >= 0.6 is 0 Å². The second-order valence-electron chi connectivity index (χ2n) is 5.54. The van der Waals surface area contributed by atoms with Crippen molar-refractivity contribution in [3.8, 4) is 0 Å². The predicted molar refractivity (Wildman–Crippen MR) is 93.3 cm³/mol. The van der Waals surface area contributed by atoms with Crippen LogP contribution in [0.5, 0.6) is 0 Å². The number of fused-ring (bicyclic) bond motifs is 5. The minimum absolute atomic E-state index is 0.0512. The summed E-state index contributed by atoms with van der Waals surface area (Å²) in [4.78, 5) is 11.5. The Balaban J connectivity index is 2.25. The first kappa shape index (κ1) is 12.8. The zero-order valence-electron chi connectivity index (χ0n) is 12.3. The number of benzene rings is 4. The molecule has 0 aliphatic heterocycles. The first-order valence-electron chi connectivity index (χ1n) is 7.35. The maximum atomic E-state index is 11.5. The maximum Gasteiger partial charge on any atom is 0.221 e. The van der Waals surface area contributed by atoms with Crippen LogP contribution in [0.15, 0.2) is 66.7 Å². The average molecular weight is 285 g/mol. The first-order valence-corrected chi connectivity index (χ1v) is 7.35. The van der Waals surface area contributed by atoms with Crippen molar-refractivity contribution in [1.29, 1.82) is 0 Å². The largest absolute Gasteiger partial charge is 0.326 e. The van der Waals surface area contributed by atoms with Gasteiger partial charge in [-0.25, -0.2) is 0 Å². The molecule has 2 nitrogen and oxygen atoms in total. The molecule has 0 spiro atoms. The third-order valence-corrected chi connectivity index (χ3v) is 4.06. The summed E-state index contributed by atoms with van der Waals surface area (Å²) in [5, 5.41) is 10.0. The monoisotopic (exact) mass is 285 g/mol. The van der Waals surface area contributed by atoms with E-state index in [1.807, 2.05) is 18.2 Å². The van der Waals surface area contributed by atoms with Crippen molar-refractivity contribution in [1.82, 2.24) is 0 Å². The highest BCUT2D eigenvalue weighted by atomic mass is 16.1. The molecule has 0 atom stereocenters. The van der Waals surface area contributed by atoms with Crippen molar-refractivity contribution in [2.75, 3.05) is 5.32 Å². The van der Waals surface area contributed by atoms with Gasteiger partial charge in [0.1, 0.15) is 0 Å². The fourth-order valence-corrected chi connectivity index (χ4v) is 3.17. The van der Waals surface area contributed by atoms with Crippen molar-refractivity contribution in [2.24, 2.45) is 0 Å². The Morgan fingerprint density at radius 3 is 2.14 bits per heavy atom. The minimum Gasteiger partial charge on any atom is -0.326 e. The Kier molecular flexibility index (Phi) is 2.83. The molecule has 0 aliphatic carbocycles. The molecule has 0 heterocycles. The van der Waals surface area contributed by atoms with Crippen molar-refractivity contribution >= 4 is 43.9 Å². The van der Waals surface area contributed by atoms with Crippen molar-refractivity contribution in [3.63, 3.8) is 0 Å². The van der Waals surface area contributed by atoms with E-state index in [-0.39, 0.29) is 5.91 Å². The van der Waals surface area contributed by atoms with Crippen LogP contribution in [0.4, 0.5) is 5.69 Å². The van der Waals surface area contributed by atoms with Crippen LogP contribution in [0.25, 0.3) is 32.3 Å². The average Bonchev–Trinajstić information content (AvgIpc) is 2.54. The number of hydrogen-bond acceptors (Lipinski definition) is 1. The van der Waals surface area contributed by atoms with Gasteiger partial charge in [-0.15, -0.1) is 0 Å². The zero-order valence-corrected chi connectivity index (χ0v) is 12.3. The van der Waals surface area contributed by atoms with Gasteiger partial charge in [-0.1, -0.05) is 60.7 Å². The van der Waals surface area contributed by atoms with E-state index < -0.39 is 0 Å². The van der Waals surface area contributed by atoms with Crippen LogP contribution in [0.2, 0.25) is 0 Å². The molecule has 0 radical (unpaired) electrons. The smallest absolute Gasteiger partial charge is 0.221 e. The Bertz CT molecular complexity index is 1030. The highest BCUT2D eigenvalue weighted by molar-refractivity contribution is 6.24. The van der Waals surface area contributed by atoms with E-state index in [1.54, 1.807) is 6.92 Å². The Labute approximate surface area is 128 Å². The number of rotatable bonds is 1. The second kappa shape index (κ2) is 4.85. The number of carbonyl (C=O) groups is 1. The van der Waals surface area contributed by atoms with Crippen LogP contribution in [-0.2, 0) is 4.79 Å². The third-order valence-electron chi connectivity index (χ3n) is 4.06. The molecule has 0 saturated heterocycles. The number of amides is 1. The molecule has 106 valence electrons. The van der Waals surface area contributed by atoms with Gasteiger partial charge in [-0.2, -0.15) is 0 Å². The number of carbonyl (C=O) groups excluding carboxylic acids is 1. The fourth-order valence-electron chi connectivity index (χ4n) is 3.17. The Morgan fingerprint density at radius 1 is 0.727 bits per heavy atom. The molecular formula is C20H15NO. The molecule has 1 N–H and O–H groups in total. The molecule has 4 aromatic rings. The lowest BCUT2D eigenvalue weighted by Crippen LogP contribution is -2.06.